The third kappa shape index (κ3) is 4.92. The summed E-state index contributed by atoms with van der Waals surface area (Å²) in [5, 5.41) is 6.80. The van der Waals surface area contributed by atoms with Crippen molar-refractivity contribution in [2.75, 3.05) is 6.54 Å². The lowest BCUT2D eigenvalue weighted by atomic mass is 9.84. The van der Waals surface area contributed by atoms with Gasteiger partial charge in [-0.25, -0.2) is 4.79 Å². The van der Waals surface area contributed by atoms with Crippen molar-refractivity contribution in [2.24, 2.45) is 0 Å². The number of amides is 2. The minimum Gasteiger partial charge on any atom is -0.337 e. The number of urea groups is 1. The lowest BCUT2D eigenvalue weighted by Gasteiger charge is -2.27. The van der Waals surface area contributed by atoms with Crippen LogP contribution in [0.5, 0.6) is 0 Å². The van der Waals surface area contributed by atoms with Gasteiger partial charge in [0.1, 0.15) is 0 Å². The molecule has 2 amide bonds. The Bertz CT molecular complexity index is 481. The van der Waals surface area contributed by atoms with E-state index in [0.29, 0.717) is 12.6 Å². The van der Waals surface area contributed by atoms with Crippen LogP contribution in [-0.4, -0.2) is 18.6 Å². The minimum atomic E-state index is -0.144. The zero-order chi connectivity index (χ0) is 15.3. The summed E-state index contributed by atoms with van der Waals surface area (Å²) < 4.78 is 0. The van der Waals surface area contributed by atoms with E-state index >= 15 is 0 Å². The molecule has 0 aromatic heterocycles. The van der Waals surface area contributed by atoms with E-state index in [2.05, 4.69) is 24.5 Å². The quantitative estimate of drug-likeness (QED) is 0.858. The highest BCUT2D eigenvalue weighted by Crippen LogP contribution is 2.25. The summed E-state index contributed by atoms with van der Waals surface area (Å²) >= 11 is 6.04. The van der Waals surface area contributed by atoms with Gasteiger partial charge in [0.25, 0.3) is 0 Å². The van der Waals surface area contributed by atoms with E-state index in [-0.39, 0.29) is 11.4 Å². The molecule has 4 heteroatoms. The van der Waals surface area contributed by atoms with Crippen LogP contribution in [-0.2, 0) is 5.41 Å². The number of carbonyl (C=O) groups excluding carboxylic acids is 1. The van der Waals surface area contributed by atoms with E-state index in [1.54, 1.807) is 0 Å². The van der Waals surface area contributed by atoms with Crippen molar-refractivity contribution in [3.05, 3.63) is 34.9 Å². The topological polar surface area (TPSA) is 41.1 Å². The highest BCUT2D eigenvalue weighted by atomic mass is 35.5. The fourth-order valence-corrected chi connectivity index (χ4v) is 2.99. The second kappa shape index (κ2) is 7.17. The Balaban J connectivity index is 1.84. The van der Waals surface area contributed by atoms with E-state index in [1.165, 1.54) is 19.3 Å². The first-order chi connectivity index (χ1) is 9.97. The average Bonchev–Trinajstić information content (AvgIpc) is 2.46. The molecule has 0 radical (unpaired) electrons. The van der Waals surface area contributed by atoms with Crippen LogP contribution in [0.25, 0.3) is 0 Å². The Labute approximate surface area is 132 Å². The van der Waals surface area contributed by atoms with Gasteiger partial charge < -0.3 is 10.6 Å². The van der Waals surface area contributed by atoms with Gasteiger partial charge in [0.15, 0.2) is 0 Å². The minimum absolute atomic E-state index is 0.0583. The van der Waals surface area contributed by atoms with Crippen LogP contribution in [0.3, 0.4) is 0 Å². The molecule has 0 unspecified atom stereocenters. The third-order valence-corrected chi connectivity index (χ3v) is 4.47. The Morgan fingerprint density at radius 3 is 2.67 bits per heavy atom. The fraction of sp³-hybridized carbons (Fsp3) is 0.588. The van der Waals surface area contributed by atoms with Gasteiger partial charge in [-0.15, -0.1) is 0 Å². The predicted octanol–water partition coefficient (Wildman–Crippen LogP) is 4.25. The molecule has 0 saturated heterocycles. The largest absolute Gasteiger partial charge is 0.337 e. The molecule has 2 rings (SSSR count). The summed E-state index contributed by atoms with van der Waals surface area (Å²) in [5.41, 5.74) is 0.988. The van der Waals surface area contributed by atoms with Crippen LogP contribution in [0.4, 0.5) is 4.79 Å². The van der Waals surface area contributed by atoms with E-state index in [9.17, 15) is 4.79 Å². The van der Waals surface area contributed by atoms with Crippen LogP contribution in [0, 0.1) is 0 Å². The lowest BCUT2D eigenvalue weighted by molar-refractivity contribution is 0.230. The first-order valence-corrected chi connectivity index (χ1v) is 8.15. The maximum Gasteiger partial charge on any atom is 0.315 e. The second-order valence-corrected chi connectivity index (χ2v) is 6.99. The Hall–Kier alpha value is -1.22. The third-order valence-electron chi connectivity index (χ3n) is 4.24. The summed E-state index contributed by atoms with van der Waals surface area (Å²) in [6.07, 6.45) is 5.94. The molecule has 1 aromatic carbocycles. The molecular weight excluding hydrogens is 284 g/mol. The molecule has 21 heavy (non-hydrogen) atoms. The van der Waals surface area contributed by atoms with Crippen LogP contribution in [0.1, 0.15) is 51.5 Å². The number of halogens is 1. The molecule has 1 aliphatic rings. The summed E-state index contributed by atoms with van der Waals surface area (Å²) in [6, 6.07) is 8.10. The molecular formula is C17H25ClN2O. The molecule has 0 aliphatic heterocycles. The molecule has 1 aliphatic carbocycles. The van der Waals surface area contributed by atoms with Crippen molar-refractivity contribution in [1.29, 1.82) is 0 Å². The number of carbonyl (C=O) groups is 1. The molecule has 1 fully saturated rings. The van der Waals surface area contributed by atoms with Gasteiger partial charge in [0.2, 0.25) is 0 Å². The van der Waals surface area contributed by atoms with Gasteiger partial charge in [-0.3, -0.25) is 0 Å². The SMILES string of the molecule is CC(C)(CNC(=O)NC1CCCCC1)c1cccc(Cl)c1. The maximum absolute atomic E-state index is 12.0. The van der Waals surface area contributed by atoms with Crippen molar-refractivity contribution in [2.45, 2.75) is 57.4 Å². The summed E-state index contributed by atoms with van der Waals surface area (Å²) in [4.78, 5) is 12.0. The van der Waals surface area contributed by atoms with Gasteiger partial charge in [-0.1, -0.05) is 56.8 Å². The molecule has 1 aromatic rings. The van der Waals surface area contributed by atoms with Gasteiger partial charge in [0.05, 0.1) is 0 Å². The Morgan fingerprint density at radius 1 is 1.29 bits per heavy atom. The zero-order valence-corrected chi connectivity index (χ0v) is 13.7. The average molecular weight is 309 g/mol. The molecule has 0 heterocycles. The van der Waals surface area contributed by atoms with E-state index in [1.807, 2.05) is 24.3 Å². The van der Waals surface area contributed by atoms with Crippen molar-refractivity contribution in [3.8, 4) is 0 Å². The van der Waals surface area contributed by atoms with E-state index in [4.69, 9.17) is 11.6 Å². The Kier molecular flexibility index (Phi) is 5.51. The van der Waals surface area contributed by atoms with E-state index in [0.717, 1.165) is 23.4 Å². The molecule has 0 spiro atoms. The van der Waals surface area contributed by atoms with Gasteiger partial charge in [-0.05, 0) is 30.5 Å². The summed E-state index contributed by atoms with van der Waals surface area (Å²) in [5.74, 6) is 0. The normalized spacial score (nSPS) is 16.5. The zero-order valence-electron chi connectivity index (χ0n) is 12.9. The highest BCUT2D eigenvalue weighted by Gasteiger charge is 2.22. The smallest absolute Gasteiger partial charge is 0.315 e. The van der Waals surface area contributed by atoms with Crippen molar-refractivity contribution in [3.63, 3.8) is 0 Å². The monoisotopic (exact) mass is 308 g/mol. The molecule has 0 atom stereocenters. The van der Waals surface area contributed by atoms with Crippen LogP contribution in [0.15, 0.2) is 24.3 Å². The summed E-state index contributed by atoms with van der Waals surface area (Å²) in [7, 11) is 0. The Morgan fingerprint density at radius 2 is 2.00 bits per heavy atom. The fourth-order valence-electron chi connectivity index (χ4n) is 2.80. The van der Waals surface area contributed by atoms with E-state index < -0.39 is 0 Å². The standard InChI is InChI=1S/C17H25ClN2O/c1-17(2,13-7-6-8-14(18)11-13)12-19-16(21)20-15-9-4-3-5-10-15/h6-8,11,15H,3-5,9-10,12H2,1-2H3,(H2,19,20,21). The predicted molar refractivity (Wildman–Crippen MR) is 87.9 cm³/mol. The molecule has 2 N–H and O–H groups in total. The first kappa shape index (κ1) is 16.2. The molecule has 116 valence electrons. The number of benzene rings is 1. The van der Waals surface area contributed by atoms with Crippen LogP contribution < -0.4 is 10.6 Å². The number of hydrogen-bond acceptors (Lipinski definition) is 1. The van der Waals surface area contributed by atoms with Crippen molar-refractivity contribution in [1.82, 2.24) is 10.6 Å². The van der Waals surface area contributed by atoms with Crippen molar-refractivity contribution < 1.29 is 4.79 Å². The second-order valence-electron chi connectivity index (χ2n) is 6.56. The highest BCUT2D eigenvalue weighted by molar-refractivity contribution is 6.30. The summed E-state index contributed by atoms with van der Waals surface area (Å²) in [6.45, 7) is 4.81. The first-order valence-electron chi connectivity index (χ1n) is 7.78. The lowest BCUT2D eigenvalue weighted by Crippen LogP contribution is -2.46. The molecule has 0 bridgehead atoms. The van der Waals surface area contributed by atoms with Gasteiger partial charge in [0, 0.05) is 23.0 Å². The number of nitrogens with one attached hydrogen (secondary N) is 2. The van der Waals surface area contributed by atoms with Gasteiger partial charge >= 0.3 is 6.03 Å². The molecule has 1 saturated carbocycles. The molecule has 3 nitrogen and oxygen atoms in total. The van der Waals surface area contributed by atoms with Crippen LogP contribution in [0.2, 0.25) is 5.02 Å². The number of rotatable bonds is 4. The van der Waals surface area contributed by atoms with Crippen LogP contribution >= 0.6 is 11.6 Å². The van der Waals surface area contributed by atoms with Gasteiger partial charge in [-0.2, -0.15) is 0 Å². The number of hydrogen-bond donors (Lipinski definition) is 2. The maximum atomic E-state index is 12.0. The van der Waals surface area contributed by atoms with Crippen molar-refractivity contribution >= 4 is 17.6 Å².